The van der Waals surface area contributed by atoms with Gasteiger partial charge in [-0.15, -0.1) is 35.3 Å². The van der Waals surface area contributed by atoms with E-state index in [0.717, 1.165) is 10.7 Å². The number of guanidine groups is 1. The number of ether oxygens (including phenoxy) is 1. The summed E-state index contributed by atoms with van der Waals surface area (Å²) in [5, 5.41) is 7.04. The van der Waals surface area contributed by atoms with Crippen LogP contribution in [0.2, 0.25) is 0 Å². The van der Waals surface area contributed by atoms with Gasteiger partial charge in [-0.05, 0) is 34.6 Å². The van der Waals surface area contributed by atoms with Crippen LogP contribution in [0.4, 0.5) is 0 Å². The molecule has 126 valence electrons. The lowest BCUT2D eigenvalue weighted by atomic mass is 10.2. The number of thiazole rings is 1. The summed E-state index contributed by atoms with van der Waals surface area (Å²) in [5.74, 6) is 0.234. The van der Waals surface area contributed by atoms with Gasteiger partial charge in [-0.25, -0.2) is 4.98 Å². The van der Waals surface area contributed by atoms with Gasteiger partial charge in [0, 0.05) is 11.9 Å². The fraction of sp³-hybridized carbons (Fsp3) is 0.643. The molecule has 0 unspecified atom stereocenters. The number of carbonyl (C=O) groups excluding carboxylic acids is 1. The highest BCUT2D eigenvalue weighted by molar-refractivity contribution is 14.0. The molecule has 1 rings (SSSR count). The van der Waals surface area contributed by atoms with Crippen LogP contribution in [0.25, 0.3) is 0 Å². The van der Waals surface area contributed by atoms with Gasteiger partial charge in [0.1, 0.15) is 17.2 Å². The summed E-state index contributed by atoms with van der Waals surface area (Å²) in [5.41, 5.74) is 0.569. The maximum Gasteiger partial charge on any atom is 0.325 e. The first-order valence-electron chi connectivity index (χ1n) is 6.80. The predicted molar refractivity (Wildman–Crippen MR) is 101 cm³/mol. The monoisotopic (exact) mass is 440 g/mol. The molecular weight excluding hydrogens is 415 g/mol. The van der Waals surface area contributed by atoms with E-state index in [-0.39, 0.29) is 36.5 Å². The Morgan fingerprint density at radius 1 is 1.32 bits per heavy atom. The minimum absolute atomic E-state index is 0. The smallest absolute Gasteiger partial charge is 0.325 e. The molecule has 1 aromatic rings. The molecule has 0 fully saturated rings. The zero-order valence-corrected chi connectivity index (χ0v) is 17.1. The lowest BCUT2D eigenvalue weighted by molar-refractivity contribution is -0.153. The predicted octanol–water partition coefficient (Wildman–Crippen LogP) is 2.38. The van der Waals surface area contributed by atoms with Gasteiger partial charge in [-0.1, -0.05) is 0 Å². The van der Waals surface area contributed by atoms with Crippen molar-refractivity contribution in [1.82, 2.24) is 15.6 Å². The summed E-state index contributed by atoms with van der Waals surface area (Å²) in [6, 6.07) is 0. The van der Waals surface area contributed by atoms with E-state index in [1.54, 1.807) is 18.4 Å². The second kappa shape index (κ2) is 9.29. The topological polar surface area (TPSA) is 75.6 Å². The van der Waals surface area contributed by atoms with Crippen LogP contribution in [-0.2, 0) is 16.1 Å². The highest BCUT2D eigenvalue weighted by atomic mass is 127. The molecule has 22 heavy (non-hydrogen) atoms. The number of aryl methyl sites for hydroxylation is 2. The van der Waals surface area contributed by atoms with Crippen molar-refractivity contribution in [3.63, 3.8) is 0 Å². The summed E-state index contributed by atoms with van der Waals surface area (Å²) in [7, 11) is 1.66. The fourth-order valence-electron chi connectivity index (χ4n) is 1.53. The molecule has 1 aromatic heterocycles. The number of halogens is 1. The van der Waals surface area contributed by atoms with Gasteiger partial charge in [0.25, 0.3) is 0 Å². The number of aromatic nitrogens is 1. The van der Waals surface area contributed by atoms with Crippen LogP contribution >= 0.6 is 35.3 Å². The zero-order valence-electron chi connectivity index (χ0n) is 13.9. The van der Waals surface area contributed by atoms with E-state index in [1.807, 2.05) is 34.6 Å². The Labute approximate surface area is 153 Å². The third kappa shape index (κ3) is 7.92. The first kappa shape index (κ1) is 21.1. The summed E-state index contributed by atoms with van der Waals surface area (Å²) < 4.78 is 5.22. The van der Waals surface area contributed by atoms with E-state index in [2.05, 4.69) is 20.6 Å². The summed E-state index contributed by atoms with van der Waals surface area (Å²) in [4.78, 5) is 21.3. The molecule has 0 aromatic carbocycles. The van der Waals surface area contributed by atoms with E-state index in [9.17, 15) is 4.79 Å². The molecule has 0 amide bonds. The van der Waals surface area contributed by atoms with Gasteiger partial charge >= 0.3 is 5.97 Å². The minimum Gasteiger partial charge on any atom is -0.459 e. The molecule has 0 saturated heterocycles. The number of esters is 1. The second-order valence-electron chi connectivity index (χ2n) is 5.61. The Bertz CT molecular complexity index is 504. The number of carbonyl (C=O) groups is 1. The lowest BCUT2D eigenvalue weighted by Crippen LogP contribution is -2.41. The van der Waals surface area contributed by atoms with E-state index < -0.39 is 5.60 Å². The molecule has 8 heteroatoms. The number of rotatable bonds is 4. The summed E-state index contributed by atoms with van der Waals surface area (Å²) in [6.45, 7) is 10.2. The molecular formula is C14H25IN4O2S. The van der Waals surface area contributed by atoms with E-state index in [0.29, 0.717) is 12.5 Å². The van der Waals surface area contributed by atoms with Crippen LogP contribution in [0.5, 0.6) is 0 Å². The van der Waals surface area contributed by atoms with Crippen molar-refractivity contribution in [1.29, 1.82) is 0 Å². The Kier molecular flexibility index (Phi) is 8.91. The molecule has 2 N–H and O–H groups in total. The second-order valence-corrected chi connectivity index (χ2v) is 6.90. The van der Waals surface area contributed by atoms with Crippen molar-refractivity contribution >= 4 is 47.2 Å². The largest absolute Gasteiger partial charge is 0.459 e. The molecule has 0 bridgehead atoms. The van der Waals surface area contributed by atoms with E-state index in [4.69, 9.17) is 4.74 Å². The summed E-state index contributed by atoms with van der Waals surface area (Å²) in [6.07, 6.45) is 0. The van der Waals surface area contributed by atoms with Gasteiger partial charge in [-0.2, -0.15) is 0 Å². The standard InChI is InChI=1S/C14H24N4O2S.HI/c1-9-10(2)21-11(18-9)7-16-13(15-6)17-8-12(19)20-14(3,4)5;/h7-8H2,1-6H3,(H2,15,16,17);1H. The molecule has 0 radical (unpaired) electrons. The highest BCUT2D eigenvalue weighted by Crippen LogP contribution is 2.15. The molecule has 0 atom stereocenters. The Hall–Kier alpha value is -0.900. The lowest BCUT2D eigenvalue weighted by Gasteiger charge is -2.20. The van der Waals surface area contributed by atoms with Crippen molar-refractivity contribution in [3.05, 3.63) is 15.6 Å². The van der Waals surface area contributed by atoms with Crippen molar-refractivity contribution < 1.29 is 9.53 Å². The van der Waals surface area contributed by atoms with Gasteiger partial charge in [0.2, 0.25) is 0 Å². The number of nitrogens with one attached hydrogen (secondary N) is 2. The van der Waals surface area contributed by atoms with Crippen LogP contribution in [0, 0.1) is 13.8 Å². The van der Waals surface area contributed by atoms with Crippen molar-refractivity contribution in [2.45, 2.75) is 46.8 Å². The van der Waals surface area contributed by atoms with Crippen LogP contribution in [-0.4, -0.2) is 36.1 Å². The van der Waals surface area contributed by atoms with Crippen LogP contribution in [0.1, 0.15) is 36.3 Å². The molecule has 0 aliphatic heterocycles. The van der Waals surface area contributed by atoms with Crippen LogP contribution in [0.3, 0.4) is 0 Å². The third-order valence-electron chi connectivity index (χ3n) is 2.52. The SMILES string of the molecule is CN=C(NCC(=O)OC(C)(C)C)NCc1nc(C)c(C)s1.I. The molecule has 0 saturated carbocycles. The third-order valence-corrected chi connectivity index (χ3v) is 3.60. The van der Waals surface area contributed by atoms with Gasteiger partial charge in [-0.3, -0.25) is 9.79 Å². The normalized spacial score (nSPS) is 11.6. The quantitative estimate of drug-likeness (QED) is 0.326. The molecule has 1 heterocycles. The maximum atomic E-state index is 11.6. The Morgan fingerprint density at radius 3 is 2.41 bits per heavy atom. The Morgan fingerprint density at radius 2 is 1.95 bits per heavy atom. The first-order chi connectivity index (χ1) is 9.71. The average Bonchev–Trinajstić information content (AvgIpc) is 2.67. The Balaban J connectivity index is 0.00000441. The zero-order chi connectivity index (χ0) is 16.0. The average molecular weight is 440 g/mol. The molecule has 0 aliphatic carbocycles. The highest BCUT2D eigenvalue weighted by Gasteiger charge is 2.16. The van der Waals surface area contributed by atoms with Gasteiger partial charge in [0.15, 0.2) is 5.96 Å². The number of aliphatic imine (C=N–C) groups is 1. The van der Waals surface area contributed by atoms with Crippen molar-refractivity contribution in [3.8, 4) is 0 Å². The van der Waals surface area contributed by atoms with Crippen molar-refractivity contribution in [2.75, 3.05) is 13.6 Å². The maximum absolute atomic E-state index is 11.6. The van der Waals surface area contributed by atoms with Gasteiger partial charge in [0.05, 0.1) is 12.2 Å². The number of nitrogens with zero attached hydrogens (tertiary/aromatic N) is 2. The van der Waals surface area contributed by atoms with Crippen LogP contribution in [0.15, 0.2) is 4.99 Å². The molecule has 0 aliphatic rings. The van der Waals surface area contributed by atoms with E-state index in [1.165, 1.54) is 4.88 Å². The first-order valence-corrected chi connectivity index (χ1v) is 7.62. The van der Waals surface area contributed by atoms with Gasteiger partial charge < -0.3 is 15.4 Å². The molecule has 0 spiro atoms. The fourth-order valence-corrected chi connectivity index (χ4v) is 2.40. The number of hydrogen-bond acceptors (Lipinski definition) is 5. The number of hydrogen-bond donors (Lipinski definition) is 2. The van der Waals surface area contributed by atoms with E-state index >= 15 is 0 Å². The summed E-state index contributed by atoms with van der Waals surface area (Å²) >= 11 is 1.65. The van der Waals surface area contributed by atoms with Crippen molar-refractivity contribution in [2.24, 2.45) is 4.99 Å². The minimum atomic E-state index is -0.481. The van der Waals surface area contributed by atoms with Crippen LogP contribution < -0.4 is 10.6 Å². The molecule has 6 nitrogen and oxygen atoms in total.